The molecule has 100 valence electrons. The van der Waals surface area contributed by atoms with Gasteiger partial charge in [-0.3, -0.25) is 4.98 Å². The maximum Gasteiger partial charge on any atom is 0.338 e. The first kappa shape index (κ1) is 14.6. The van der Waals surface area contributed by atoms with Gasteiger partial charge in [-0.2, -0.15) is 0 Å². The lowest BCUT2D eigenvalue weighted by molar-refractivity contribution is -0.0158. The largest absolute Gasteiger partial charge is 0.465 e. The summed E-state index contributed by atoms with van der Waals surface area (Å²) in [4.78, 5) is 16.1. The van der Waals surface area contributed by atoms with Gasteiger partial charge in [0.25, 0.3) is 0 Å². The molecule has 0 spiro atoms. The van der Waals surface area contributed by atoms with Gasteiger partial charge < -0.3 is 9.47 Å². The molecule has 1 heterocycles. The van der Waals surface area contributed by atoms with Gasteiger partial charge in [-0.25, -0.2) is 4.79 Å². The molecule has 0 amide bonds. The van der Waals surface area contributed by atoms with Gasteiger partial charge in [0.05, 0.1) is 24.9 Å². The van der Waals surface area contributed by atoms with Crippen LogP contribution in [0, 0.1) is 13.8 Å². The normalized spacial score (nSPS) is 11.4. The molecule has 1 aromatic rings. The highest BCUT2D eigenvalue weighted by molar-refractivity contribution is 5.91. The Balaban J connectivity index is 3.12. The van der Waals surface area contributed by atoms with Crippen molar-refractivity contribution in [3.63, 3.8) is 0 Å². The minimum absolute atomic E-state index is 0.259. The zero-order valence-corrected chi connectivity index (χ0v) is 12.0. The fourth-order valence-corrected chi connectivity index (χ4v) is 1.62. The summed E-state index contributed by atoms with van der Waals surface area (Å²) in [5.74, 6) is -0.351. The Morgan fingerprint density at radius 2 is 1.94 bits per heavy atom. The lowest BCUT2D eigenvalue weighted by atomic mass is 10.1. The van der Waals surface area contributed by atoms with E-state index in [1.807, 2.05) is 34.6 Å². The van der Waals surface area contributed by atoms with Crippen LogP contribution in [0.5, 0.6) is 0 Å². The molecular formula is C14H21NO3. The minimum atomic E-state index is -0.351. The predicted octanol–water partition coefficient (Wildman–Crippen LogP) is 2.80. The topological polar surface area (TPSA) is 48.4 Å². The Bertz CT molecular complexity index is 447. The second-order valence-electron chi connectivity index (χ2n) is 5.27. The summed E-state index contributed by atoms with van der Waals surface area (Å²) >= 11 is 0. The molecule has 0 aliphatic carbocycles. The van der Waals surface area contributed by atoms with Crippen molar-refractivity contribution in [3.8, 4) is 0 Å². The maximum atomic E-state index is 11.8. The van der Waals surface area contributed by atoms with Gasteiger partial charge in [0.15, 0.2) is 0 Å². The third kappa shape index (κ3) is 3.81. The standard InChI is InChI=1S/C14H21NO3/c1-9-7-11(13(16)17-6)12(10(2)15-9)8-18-14(3,4)5/h7H,8H2,1-6H3. The SMILES string of the molecule is COC(=O)c1cc(C)nc(C)c1COC(C)(C)C. The molecule has 0 aliphatic rings. The molecule has 18 heavy (non-hydrogen) atoms. The summed E-state index contributed by atoms with van der Waals surface area (Å²) < 4.78 is 10.5. The van der Waals surface area contributed by atoms with E-state index >= 15 is 0 Å². The lowest BCUT2D eigenvalue weighted by Gasteiger charge is -2.21. The van der Waals surface area contributed by atoms with Crippen LogP contribution in [0.3, 0.4) is 0 Å². The van der Waals surface area contributed by atoms with Gasteiger partial charge >= 0.3 is 5.97 Å². The highest BCUT2D eigenvalue weighted by Gasteiger charge is 2.18. The Morgan fingerprint density at radius 3 is 2.44 bits per heavy atom. The first-order valence-electron chi connectivity index (χ1n) is 5.94. The van der Waals surface area contributed by atoms with E-state index in [-0.39, 0.29) is 11.6 Å². The summed E-state index contributed by atoms with van der Waals surface area (Å²) in [5, 5.41) is 0. The van der Waals surface area contributed by atoms with E-state index in [9.17, 15) is 4.79 Å². The number of carbonyl (C=O) groups is 1. The number of aromatic nitrogens is 1. The number of esters is 1. The number of rotatable bonds is 3. The Hall–Kier alpha value is -1.42. The molecule has 0 fully saturated rings. The average molecular weight is 251 g/mol. The van der Waals surface area contributed by atoms with Crippen LogP contribution in [0.2, 0.25) is 0 Å². The summed E-state index contributed by atoms with van der Waals surface area (Å²) in [6.07, 6.45) is 0. The highest BCUT2D eigenvalue weighted by atomic mass is 16.5. The van der Waals surface area contributed by atoms with Crippen LogP contribution < -0.4 is 0 Å². The van der Waals surface area contributed by atoms with Gasteiger partial charge in [-0.1, -0.05) is 0 Å². The van der Waals surface area contributed by atoms with E-state index < -0.39 is 0 Å². The van der Waals surface area contributed by atoms with E-state index in [0.717, 1.165) is 17.0 Å². The van der Waals surface area contributed by atoms with Gasteiger partial charge in [-0.15, -0.1) is 0 Å². The minimum Gasteiger partial charge on any atom is -0.465 e. The molecule has 0 saturated heterocycles. The number of hydrogen-bond acceptors (Lipinski definition) is 4. The van der Waals surface area contributed by atoms with Crippen molar-refractivity contribution >= 4 is 5.97 Å². The van der Waals surface area contributed by atoms with E-state index in [4.69, 9.17) is 9.47 Å². The summed E-state index contributed by atoms with van der Waals surface area (Å²) in [6, 6.07) is 1.74. The van der Waals surface area contributed by atoms with Crippen LogP contribution in [-0.2, 0) is 16.1 Å². The Labute approximate surface area is 108 Å². The second kappa shape index (κ2) is 5.48. The molecule has 4 nitrogen and oxygen atoms in total. The van der Waals surface area contributed by atoms with Crippen molar-refractivity contribution in [3.05, 3.63) is 28.6 Å². The lowest BCUT2D eigenvalue weighted by Crippen LogP contribution is -2.20. The number of methoxy groups -OCH3 is 1. The zero-order valence-electron chi connectivity index (χ0n) is 12.0. The van der Waals surface area contributed by atoms with Crippen molar-refractivity contribution < 1.29 is 14.3 Å². The van der Waals surface area contributed by atoms with Crippen molar-refractivity contribution in [2.75, 3.05) is 7.11 Å². The van der Waals surface area contributed by atoms with E-state index in [0.29, 0.717) is 12.2 Å². The van der Waals surface area contributed by atoms with Crippen LogP contribution >= 0.6 is 0 Å². The number of nitrogens with zero attached hydrogens (tertiary/aromatic N) is 1. The van der Waals surface area contributed by atoms with E-state index in [1.165, 1.54) is 7.11 Å². The van der Waals surface area contributed by atoms with Crippen molar-refractivity contribution in [1.82, 2.24) is 4.98 Å². The second-order valence-corrected chi connectivity index (χ2v) is 5.27. The third-order valence-corrected chi connectivity index (χ3v) is 2.51. The molecule has 1 rings (SSSR count). The van der Waals surface area contributed by atoms with E-state index in [2.05, 4.69) is 4.98 Å². The van der Waals surface area contributed by atoms with Crippen LogP contribution in [0.4, 0.5) is 0 Å². The smallest absolute Gasteiger partial charge is 0.338 e. The average Bonchev–Trinajstić information content (AvgIpc) is 2.24. The molecule has 0 radical (unpaired) electrons. The monoisotopic (exact) mass is 251 g/mol. The molecule has 0 unspecified atom stereocenters. The van der Waals surface area contributed by atoms with Crippen LogP contribution in [0.25, 0.3) is 0 Å². The summed E-state index contributed by atoms with van der Waals surface area (Å²) in [5.41, 5.74) is 2.67. The molecule has 0 saturated carbocycles. The molecular weight excluding hydrogens is 230 g/mol. The molecule has 0 bridgehead atoms. The first-order chi connectivity index (χ1) is 8.24. The van der Waals surface area contributed by atoms with Crippen LogP contribution in [-0.4, -0.2) is 23.7 Å². The number of aryl methyl sites for hydroxylation is 2. The molecule has 0 N–H and O–H groups in total. The van der Waals surface area contributed by atoms with E-state index in [1.54, 1.807) is 6.07 Å². The Kier molecular flexibility index (Phi) is 4.46. The van der Waals surface area contributed by atoms with Gasteiger partial charge in [0.1, 0.15) is 0 Å². The first-order valence-corrected chi connectivity index (χ1v) is 5.94. The fourth-order valence-electron chi connectivity index (χ4n) is 1.62. The van der Waals surface area contributed by atoms with Crippen molar-refractivity contribution in [2.24, 2.45) is 0 Å². The highest BCUT2D eigenvalue weighted by Crippen LogP contribution is 2.19. The van der Waals surface area contributed by atoms with Crippen LogP contribution in [0.15, 0.2) is 6.07 Å². The number of pyridine rings is 1. The number of carbonyl (C=O) groups excluding carboxylic acids is 1. The molecule has 1 aromatic heterocycles. The third-order valence-electron chi connectivity index (χ3n) is 2.51. The van der Waals surface area contributed by atoms with Gasteiger partial charge in [-0.05, 0) is 40.7 Å². The van der Waals surface area contributed by atoms with Crippen LogP contribution in [0.1, 0.15) is 48.1 Å². The zero-order chi connectivity index (χ0) is 13.9. The quantitative estimate of drug-likeness (QED) is 0.775. The van der Waals surface area contributed by atoms with Crippen molar-refractivity contribution in [1.29, 1.82) is 0 Å². The van der Waals surface area contributed by atoms with Gasteiger partial charge in [0.2, 0.25) is 0 Å². The predicted molar refractivity (Wildman–Crippen MR) is 69.6 cm³/mol. The molecule has 4 heteroatoms. The number of hydrogen-bond donors (Lipinski definition) is 0. The molecule has 0 aliphatic heterocycles. The summed E-state index contributed by atoms with van der Waals surface area (Å²) in [6.45, 7) is 10.0. The molecule has 0 atom stereocenters. The van der Waals surface area contributed by atoms with Crippen molar-refractivity contribution in [2.45, 2.75) is 46.8 Å². The maximum absolute atomic E-state index is 11.8. The fraction of sp³-hybridized carbons (Fsp3) is 0.571. The summed E-state index contributed by atoms with van der Waals surface area (Å²) in [7, 11) is 1.38. The molecule has 0 aromatic carbocycles. The van der Waals surface area contributed by atoms with Gasteiger partial charge in [0, 0.05) is 17.0 Å². The Morgan fingerprint density at radius 1 is 1.33 bits per heavy atom. The number of ether oxygens (including phenoxy) is 2.